The third-order valence-electron chi connectivity index (χ3n) is 3.48. The maximum atomic E-state index is 11.9. The number of rotatable bonds is 3. The van der Waals surface area contributed by atoms with Crippen LogP contribution in [0, 0.1) is 11.3 Å². The van der Waals surface area contributed by atoms with Gasteiger partial charge in [-0.1, -0.05) is 0 Å². The number of nitrogens with zero attached hydrogens (tertiary/aromatic N) is 2. The number of aliphatic hydroxyl groups excluding tert-OH is 3. The van der Waals surface area contributed by atoms with Crippen LogP contribution in [0.2, 0.25) is 0 Å². The lowest BCUT2D eigenvalue weighted by atomic mass is 10.00. The third kappa shape index (κ3) is 2.28. The van der Waals surface area contributed by atoms with Crippen LogP contribution in [-0.2, 0) is 9.53 Å². The lowest BCUT2D eigenvalue weighted by molar-refractivity contribution is -0.130. The Hall–Kier alpha value is -1.99. The summed E-state index contributed by atoms with van der Waals surface area (Å²) < 4.78 is 5.28. The summed E-state index contributed by atoms with van der Waals surface area (Å²) in [4.78, 5) is 23.4. The highest BCUT2D eigenvalue weighted by Gasteiger charge is 2.61. The number of hydrogen-bond donors (Lipinski definition) is 4. The number of ether oxygens (including phenoxy) is 1. The van der Waals surface area contributed by atoms with Gasteiger partial charge in [-0.05, 0) is 6.92 Å². The number of carbonyl (C=O) groups excluding carboxylic acids is 2. The molecule has 0 spiro atoms. The van der Waals surface area contributed by atoms with E-state index in [4.69, 9.17) is 4.74 Å². The van der Waals surface area contributed by atoms with Crippen molar-refractivity contribution >= 4 is 12.3 Å². The molecule has 0 aromatic carbocycles. The molecule has 2 amide bonds. The van der Waals surface area contributed by atoms with Gasteiger partial charge in [-0.2, -0.15) is 5.26 Å². The molecule has 1 saturated heterocycles. The monoisotopic (exact) mass is 297 g/mol. The molecule has 0 aromatic heterocycles. The van der Waals surface area contributed by atoms with E-state index in [-0.39, 0.29) is 12.1 Å². The Kier molecular flexibility index (Phi) is 3.97. The minimum atomic E-state index is -2.22. The van der Waals surface area contributed by atoms with Crippen LogP contribution in [0.5, 0.6) is 0 Å². The average molecular weight is 297 g/mol. The molecule has 0 bridgehead atoms. The zero-order valence-corrected chi connectivity index (χ0v) is 11.1. The Morgan fingerprint density at radius 3 is 2.81 bits per heavy atom. The van der Waals surface area contributed by atoms with Crippen molar-refractivity contribution in [3.8, 4) is 6.07 Å². The first-order valence-corrected chi connectivity index (χ1v) is 6.23. The molecule has 0 saturated carbocycles. The van der Waals surface area contributed by atoms with Crippen molar-refractivity contribution in [2.45, 2.75) is 37.1 Å². The Morgan fingerprint density at radius 1 is 1.67 bits per heavy atom. The van der Waals surface area contributed by atoms with Gasteiger partial charge in [-0.25, -0.2) is 4.79 Å². The Morgan fingerprint density at radius 2 is 2.33 bits per heavy atom. The number of aliphatic hydroxyl groups is 3. The van der Waals surface area contributed by atoms with Gasteiger partial charge in [0.1, 0.15) is 30.7 Å². The van der Waals surface area contributed by atoms with Crippen LogP contribution in [0.25, 0.3) is 0 Å². The molecule has 21 heavy (non-hydrogen) atoms. The smallest absolute Gasteiger partial charge is 0.324 e. The summed E-state index contributed by atoms with van der Waals surface area (Å²) in [5, 5.41) is 41.3. The van der Waals surface area contributed by atoms with Gasteiger partial charge < -0.3 is 25.4 Å². The molecule has 4 N–H and O–H groups in total. The molecule has 9 heteroatoms. The fraction of sp³-hybridized carbons (Fsp3) is 0.583. The lowest BCUT2D eigenvalue weighted by Gasteiger charge is -2.37. The maximum Gasteiger partial charge on any atom is 0.324 e. The van der Waals surface area contributed by atoms with Crippen molar-refractivity contribution in [2.24, 2.45) is 0 Å². The molecule has 0 aliphatic carbocycles. The lowest BCUT2D eigenvalue weighted by Crippen LogP contribution is -2.60. The van der Waals surface area contributed by atoms with E-state index in [2.05, 4.69) is 5.32 Å². The van der Waals surface area contributed by atoms with Gasteiger partial charge in [0.15, 0.2) is 0 Å². The van der Waals surface area contributed by atoms with Crippen LogP contribution >= 0.6 is 0 Å². The minimum absolute atomic E-state index is 0.0151. The van der Waals surface area contributed by atoms with Gasteiger partial charge in [0.25, 0.3) is 5.72 Å². The quantitative estimate of drug-likeness (QED) is 0.433. The molecule has 114 valence electrons. The van der Waals surface area contributed by atoms with E-state index in [1.54, 1.807) is 6.07 Å². The van der Waals surface area contributed by atoms with Crippen LogP contribution in [0.1, 0.15) is 6.92 Å². The van der Waals surface area contributed by atoms with Crippen molar-refractivity contribution in [1.29, 1.82) is 5.26 Å². The predicted molar refractivity (Wildman–Crippen MR) is 66.3 cm³/mol. The van der Waals surface area contributed by atoms with Gasteiger partial charge in [0, 0.05) is 18.3 Å². The van der Waals surface area contributed by atoms with E-state index in [0.29, 0.717) is 6.29 Å². The van der Waals surface area contributed by atoms with Crippen molar-refractivity contribution in [3.05, 3.63) is 11.8 Å². The predicted octanol–water partition coefficient (Wildman–Crippen LogP) is -2.18. The van der Waals surface area contributed by atoms with Crippen molar-refractivity contribution in [2.75, 3.05) is 6.54 Å². The van der Waals surface area contributed by atoms with E-state index < -0.39 is 36.2 Å². The van der Waals surface area contributed by atoms with Gasteiger partial charge in [-0.3, -0.25) is 9.69 Å². The number of hydrogen-bond acceptors (Lipinski definition) is 7. The highest BCUT2D eigenvalue weighted by Crippen LogP contribution is 2.36. The SMILES string of the molecule is CC(O)C1OC(C#N)(N2C=C(C=O)CNC2=O)C(O)C1O. The summed E-state index contributed by atoms with van der Waals surface area (Å²) >= 11 is 0. The van der Waals surface area contributed by atoms with Crippen molar-refractivity contribution in [3.63, 3.8) is 0 Å². The Balaban J connectivity index is 2.45. The molecule has 9 nitrogen and oxygen atoms in total. The highest BCUT2D eigenvalue weighted by atomic mass is 16.6. The Labute approximate surface area is 120 Å². The standard InChI is InChI=1S/C12H15N3O6/c1-6(17)9-8(18)10(19)12(5-13,21-9)15-3-7(4-16)2-14-11(15)20/h3-4,6,8-10,17-19H,2H2,1H3,(H,14,20). The highest BCUT2D eigenvalue weighted by molar-refractivity contribution is 5.84. The van der Waals surface area contributed by atoms with Crippen LogP contribution in [0.4, 0.5) is 4.79 Å². The molecule has 2 aliphatic heterocycles. The average Bonchev–Trinajstić information content (AvgIpc) is 2.73. The molecular weight excluding hydrogens is 282 g/mol. The van der Waals surface area contributed by atoms with Gasteiger partial charge in [-0.15, -0.1) is 0 Å². The van der Waals surface area contributed by atoms with Crippen LogP contribution in [0.3, 0.4) is 0 Å². The number of carbonyl (C=O) groups is 2. The first-order valence-electron chi connectivity index (χ1n) is 6.23. The van der Waals surface area contributed by atoms with Crippen LogP contribution < -0.4 is 5.32 Å². The molecule has 0 radical (unpaired) electrons. The summed E-state index contributed by atoms with van der Waals surface area (Å²) in [5.41, 5.74) is -2.06. The minimum Gasteiger partial charge on any atom is -0.391 e. The number of urea groups is 1. The summed E-state index contributed by atoms with van der Waals surface area (Å²) in [6.45, 7) is 1.30. The molecule has 2 aliphatic rings. The summed E-state index contributed by atoms with van der Waals surface area (Å²) in [6.07, 6.45) is -4.19. The first kappa shape index (κ1) is 15.4. The van der Waals surface area contributed by atoms with Gasteiger partial charge in [0.05, 0.1) is 6.10 Å². The van der Waals surface area contributed by atoms with Gasteiger partial charge in [0.2, 0.25) is 0 Å². The molecule has 0 aromatic rings. The zero-order chi connectivity index (χ0) is 15.8. The molecule has 5 atom stereocenters. The van der Waals surface area contributed by atoms with Crippen molar-refractivity contribution in [1.82, 2.24) is 10.2 Å². The van der Waals surface area contributed by atoms with E-state index in [1.807, 2.05) is 0 Å². The molecule has 5 unspecified atom stereocenters. The molecule has 2 rings (SSSR count). The maximum absolute atomic E-state index is 11.9. The second-order valence-electron chi connectivity index (χ2n) is 4.92. The van der Waals surface area contributed by atoms with Gasteiger partial charge >= 0.3 is 6.03 Å². The summed E-state index contributed by atoms with van der Waals surface area (Å²) in [5.74, 6) is 0. The summed E-state index contributed by atoms with van der Waals surface area (Å²) in [6, 6.07) is 0.884. The zero-order valence-electron chi connectivity index (χ0n) is 11.1. The molecule has 2 heterocycles. The number of aldehydes is 1. The fourth-order valence-corrected chi connectivity index (χ4v) is 2.34. The number of nitriles is 1. The number of nitrogens with one attached hydrogen (secondary N) is 1. The van der Waals surface area contributed by atoms with Crippen LogP contribution in [-0.4, -0.2) is 69.2 Å². The Bertz CT molecular complexity index is 528. The summed E-state index contributed by atoms with van der Waals surface area (Å²) in [7, 11) is 0. The second-order valence-corrected chi connectivity index (χ2v) is 4.92. The third-order valence-corrected chi connectivity index (χ3v) is 3.48. The molecular formula is C12H15N3O6. The number of amides is 2. The second kappa shape index (κ2) is 5.42. The fourth-order valence-electron chi connectivity index (χ4n) is 2.34. The largest absolute Gasteiger partial charge is 0.391 e. The normalized spacial score (nSPS) is 37.5. The first-order chi connectivity index (χ1) is 9.87. The van der Waals surface area contributed by atoms with Crippen LogP contribution in [0.15, 0.2) is 11.8 Å². The van der Waals surface area contributed by atoms with E-state index in [0.717, 1.165) is 11.1 Å². The van der Waals surface area contributed by atoms with E-state index in [9.17, 15) is 30.2 Å². The molecule has 1 fully saturated rings. The topological polar surface area (TPSA) is 143 Å². The van der Waals surface area contributed by atoms with E-state index >= 15 is 0 Å². The van der Waals surface area contributed by atoms with Crippen molar-refractivity contribution < 1.29 is 29.6 Å². The van der Waals surface area contributed by atoms with E-state index in [1.165, 1.54) is 6.92 Å².